The van der Waals surface area contributed by atoms with Crippen LogP contribution in [0.4, 0.5) is 0 Å². The quantitative estimate of drug-likeness (QED) is 0.543. The summed E-state index contributed by atoms with van der Waals surface area (Å²) in [7, 11) is 0. The van der Waals surface area contributed by atoms with Crippen LogP contribution in [-0.4, -0.2) is 29.7 Å². The van der Waals surface area contributed by atoms with E-state index in [1.54, 1.807) is 0 Å². The van der Waals surface area contributed by atoms with E-state index in [4.69, 9.17) is 9.47 Å². The predicted molar refractivity (Wildman–Crippen MR) is 118 cm³/mol. The van der Waals surface area contributed by atoms with Crippen LogP contribution in [0.25, 0.3) is 0 Å². The number of fused-ring (bicyclic) bond motifs is 7. The Kier molecular flexibility index (Phi) is 4.58. The molecule has 0 aromatic rings. The van der Waals surface area contributed by atoms with Crippen LogP contribution >= 0.6 is 0 Å². The zero-order chi connectivity index (χ0) is 20.9. The minimum Gasteiger partial charge on any atom is -0.393 e. The van der Waals surface area contributed by atoms with Crippen LogP contribution in [0.1, 0.15) is 91.9 Å². The summed E-state index contributed by atoms with van der Waals surface area (Å²) in [5.41, 5.74) is 0.899. The molecule has 4 saturated carbocycles. The van der Waals surface area contributed by atoms with E-state index in [0.717, 1.165) is 49.5 Å². The van der Waals surface area contributed by atoms with Gasteiger partial charge in [-0.1, -0.05) is 27.7 Å². The Hall–Kier alpha value is -0.120. The molecule has 3 nitrogen and oxygen atoms in total. The SMILES string of the molecule is C[C@H]1CC[C@@]2(OC1)O[C@@H]1C[C@H]3[C@@H]4CC[C@@H]5C[C@H](O)CC[C@]5(C)[C@H]4CC[C@]3(C)[C@H]1[C@@H]2C. The molecule has 12 atom stereocenters. The molecule has 0 aromatic carbocycles. The van der Waals surface area contributed by atoms with Crippen LogP contribution in [0.5, 0.6) is 0 Å². The van der Waals surface area contributed by atoms with Crippen LogP contribution < -0.4 is 0 Å². The normalized spacial score (nSPS) is 62.5. The van der Waals surface area contributed by atoms with Gasteiger partial charge in [-0.25, -0.2) is 0 Å². The van der Waals surface area contributed by atoms with E-state index in [2.05, 4.69) is 27.7 Å². The first kappa shape index (κ1) is 20.5. The van der Waals surface area contributed by atoms with Gasteiger partial charge in [-0.2, -0.15) is 0 Å². The lowest BCUT2D eigenvalue weighted by Gasteiger charge is -2.61. The molecule has 2 saturated heterocycles. The fourth-order valence-electron chi connectivity index (χ4n) is 10.3. The molecule has 1 spiro atoms. The molecule has 0 radical (unpaired) electrons. The molecule has 2 heterocycles. The Balaban J connectivity index is 1.26. The van der Waals surface area contributed by atoms with Gasteiger partial charge in [0.1, 0.15) is 0 Å². The number of ether oxygens (including phenoxy) is 2. The Bertz CT molecular complexity index is 684. The first-order chi connectivity index (χ1) is 14.3. The Morgan fingerprint density at radius 2 is 1.63 bits per heavy atom. The first-order valence-corrected chi connectivity index (χ1v) is 13.3. The lowest BCUT2D eigenvalue weighted by Crippen LogP contribution is -2.55. The second-order valence-electron chi connectivity index (χ2n) is 13.1. The third-order valence-electron chi connectivity index (χ3n) is 11.9. The number of hydrogen-bond acceptors (Lipinski definition) is 3. The van der Waals surface area contributed by atoms with E-state index >= 15 is 0 Å². The van der Waals surface area contributed by atoms with Gasteiger partial charge in [-0.15, -0.1) is 0 Å². The van der Waals surface area contributed by atoms with E-state index in [9.17, 15) is 5.11 Å². The van der Waals surface area contributed by atoms with Gasteiger partial charge in [-0.05, 0) is 104 Å². The fraction of sp³-hybridized carbons (Fsp3) is 1.00. The van der Waals surface area contributed by atoms with E-state index < -0.39 is 0 Å². The molecule has 3 heteroatoms. The first-order valence-electron chi connectivity index (χ1n) is 13.3. The van der Waals surface area contributed by atoms with Gasteiger partial charge >= 0.3 is 0 Å². The number of rotatable bonds is 0. The molecule has 4 aliphatic carbocycles. The zero-order valence-corrected chi connectivity index (χ0v) is 19.7. The summed E-state index contributed by atoms with van der Waals surface area (Å²) in [6, 6.07) is 0. The summed E-state index contributed by atoms with van der Waals surface area (Å²) in [6.07, 6.45) is 12.9. The Morgan fingerprint density at radius 1 is 0.833 bits per heavy atom. The van der Waals surface area contributed by atoms with Gasteiger partial charge in [0.25, 0.3) is 0 Å². The summed E-state index contributed by atoms with van der Waals surface area (Å²) in [4.78, 5) is 0. The minimum absolute atomic E-state index is 0.0389. The third kappa shape index (κ3) is 2.61. The summed E-state index contributed by atoms with van der Waals surface area (Å²) in [5.74, 6) is 4.93. The van der Waals surface area contributed by atoms with E-state index in [1.165, 1.54) is 44.9 Å². The molecule has 170 valence electrons. The van der Waals surface area contributed by atoms with Crippen molar-refractivity contribution >= 4 is 0 Å². The molecule has 6 rings (SSSR count). The summed E-state index contributed by atoms with van der Waals surface area (Å²) in [6.45, 7) is 10.9. The van der Waals surface area contributed by atoms with E-state index in [1.807, 2.05) is 0 Å². The molecule has 30 heavy (non-hydrogen) atoms. The van der Waals surface area contributed by atoms with Crippen LogP contribution in [-0.2, 0) is 9.47 Å². The minimum atomic E-state index is -0.282. The average molecular weight is 417 g/mol. The maximum atomic E-state index is 10.3. The van der Waals surface area contributed by atoms with E-state index in [-0.39, 0.29) is 11.9 Å². The maximum absolute atomic E-state index is 10.3. The molecule has 0 bridgehead atoms. The highest BCUT2D eigenvalue weighted by molar-refractivity contribution is 5.15. The Morgan fingerprint density at radius 3 is 2.40 bits per heavy atom. The molecule has 0 aromatic heterocycles. The molecular weight excluding hydrogens is 372 g/mol. The van der Waals surface area contributed by atoms with Gasteiger partial charge in [0.15, 0.2) is 5.79 Å². The van der Waals surface area contributed by atoms with Crippen molar-refractivity contribution in [1.82, 2.24) is 0 Å². The molecule has 1 N–H and O–H groups in total. The smallest absolute Gasteiger partial charge is 0.171 e. The average Bonchev–Trinajstić information content (AvgIpc) is 3.16. The lowest BCUT2D eigenvalue weighted by atomic mass is 9.44. The maximum Gasteiger partial charge on any atom is 0.171 e. The van der Waals surface area contributed by atoms with Crippen molar-refractivity contribution in [2.75, 3.05) is 6.61 Å². The molecular formula is C27H44O3. The lowest BCUT2D eigenvalue weighted by molar-refractivity contribution is -0.273. The van der Waals surface area contributed by atoms with Crippen LogP contribution in [0.3, 0.4) is 0 Å². The van der Waals surface area contributed by atoms with Gasteiger partial charge in [0, 0.05) is 12.3 Å². The summed E-state index contributed by atoms with van der Waals surface area (Å²) < 4.78 is 13.4. The molecule has 0 amide bonds. The van der Waals surface area contributed by atoms with Gasteiger partial charge < -0.3 is 14.6 Å². The highest BCUT2D eigenvalue weighted by Gasteiger charge is 2.69. The van der Waals surface area contributed by atoms with Crippen molar-refractivity contribution in [2.24, 2.45) is 52.3 Å². The van der Waals surface area contributed by atoms with Crippen LogP contribution in [0.2, 0.25) is 0 Å². The standard InChI is InChI=1S/C27H44O3/c1-16-7-12-27(29-15-16)17(2)24-23(30-27)14-22-20-6-5-18-13-19(28)8-10-25(18,3)21(20)9-11-26(22,24)4/h16-24,28H,5-15H2,1-4H3/t16-,17-,18+,19+,20+,21-,22-,23+,24-,25-,26-,27+/m0/s1. The topological polar surface area (TPSA) is 38.7 Å². The van der Waals surface area contributed by atoms with Gasteiger partial charge in [0.05, 0.1) is 18.8 Å². The monoisotopic (exact) mass is 416 g/mol. The zero-order valence-electron chi connectivity index (χ0n) is 19.7. The molecule has 2 aliphatic heterocycles. The second kappa shape index (κ2) is 6.70. The predicted octanol–water partition coefficient (Wildman–Crippen LogP) is 5.79. The number of aliphatic hydroxyl groups is 1. The third-order valence-corrected chi connectivity index (χ3v) is 11.9. The molecule has 0 unspecified atom stereocenters. The van der Waals surface area contributed by atoms with Crippen LogP contribution in [0.15, 0.2) is 0 Å². The summed E-state index contributed by atoms with van der Waals surface area (Å²) in [5, 5.41) is 10.3. The van der Waals surface area contributed by atoms with Crippen molar-refractivity contribution in [3.8, 4) is 0 Å². The highest BCUT2D eigenvalue weighted by atomic mass is 16.7. The number of aliphatic hydroxyl groups excluding tert-OH is 1. The van der Waals surface area contributed by atoms with Crippen molar-refractivity contribution < 1.29 is 14.6 Å². The second-order valence-corrected chi connectivity index (χ2v) is 13.1. The largest absolute Gasteiger partial charge is 0.393 e. The van der Waals surface area contributed by atoms with Crippen LogP contribution in [0, 0.1) is 52.3 Å². The highest BCUT2D eigenvalue weighted by Crippen LogP contribution is 2.71. The number of hydrogen-bond donors (Lipinski definition) is 1. The van der Waals surface area contributed by atoms with E-state index in [0.29, 0.717) is 34.7 Å². The molecule has 6 fully saturated rings. The molecule has 6 aliphatic rings. The summed E-state index contributed by atoms with van der Waals surface area (Å²) >= 11 is 0. The van der Waals surface area contributed by atoms with Crippen molar-refractivity contribution in [1.29, 1.82) is 0 Å². The van der Waals surface area contributed by atoms with Gasteiger partial charge in [0.2, 0.25) is 0 Å². The van der Waals surface area contributed by atoms with Crippen molar-refractivity contribution in [3.63, 3.8) is 0 Å². The fourth-order valence-corrected chi connectivity index (χ4v) is 10.3. The Labute approximate surface area is 183 Å². The van der Waals surface area contributed by atoms with Gasteiger partial charge in [-0.3, -0.25) is 0 Å². The van der Waals surface area contributed by atoms with Crippen molar-refractivity contribution in [2.45, 2.75) is 110 Å². The van der Waals surface area contributed by atoms with Crippen molar-refractivity contribution in [3.05, 3.63) is 0 Å².